The Morgan fingerprint density at radius 2 is 1.92 bits per heavy atom. The van der Waals surface area contributed by atoms with Crippen LogP contribution < -0.4 is 5.32 Å². The predicted molar refractivity (Wildman–Crippen MR) is 97.1 cm³/mol. The third kappa shape index (κ3) is 2.65. The van der Waals surface area contributed by atoms with E-state index >= 15 is 0 Å². The van der Waals surface area contributed by atoms with Gasteiger partial charge in [-0.15, -0.1) is 0 Å². The number of aromatic nitrogens is 4. The van der Waals surface area contributed by atoms with E-state index in [1.54, 1.807) is 18.8 Å². The summed E-state index contributed by atoms with van der Waals surface area (Å²) in [5.41, 5.74) is 4.25. The number of rotatable bonds is 4. The van der Waals surface area contributed by atoms with Crippen molar-refractivity contribution in [3.63, 3.8) is 0 Å². The first-order valence-electron chi connectivity index (χ1n) is 8.16. The van der Waals surface area contributed by atoms with Gasteiger partial charge in [-0.25, -0.2) is 15.0 Å². The number of nitrogens with zero attached hydrogens (tertiary/aromatic N) is 4. The Kier molecular flexibility index (Phi) is 3.72. The van der Waals surface area contributed by atoms with E-state index in [4.69, 9.17) is 4.42 Å². The van der Waals surface area contributed by atoms with Gasteiger partial charge < -0.3 is 14.3 Å². The number of nitrogens with one attached hydrogen (secondary N) is 1. The van der Waals surface area contributed by atoms with E-state index in [1.165, 1.54) is 0 Å². The van der Waals surface area contributed by atoms with E-state index in [-0.39, 0.29) is 0 Å². The van der Waals surface area contributed by atoms with Gasteiger partial charge in [-0.05, 0) is 50.1 Å². The molecule has 0 fully saturated rings. The van der Waals surface area contributed by atoms with Crippen LogP contribution >= 0.6 is 0 Å². The summed E-state index contributed by atoms with van der Waals surface area (Å²) in [6.07, 6.45) is 5.05. The monoisotopic (exact) mass is 333 g/mol. The Morgan fingerprint density at radius 1 is 1.04 bits per heavy atom. The maximum atomic E-state index is 5.50. The topological polar surface area (TPSA) is 68.8 Å². The molecule has 0 spiro atoms. The van der Waals surface area contributed by atoms with Gasteiger partial charge in [0.15, 0.2) is 0 Å². The van der Waals surface area contributed by atoms with Crippen LogP contribution in [0, 0.1) is 20.8 Å². The van der Waals surface area contributed by atoms with Crippen molar-refractivity contribution in [3.8, 4) is 0 Å². The third-order valence-corrected chi connectivity index (χ3v) is 4.55. The minimum absolute atomic E-state index is 0.641. The number of pyridine rings is 1. The van der Waals surface area contributed by atoms with E-state index < -0.39 is 0 Å². The second kappa shape index (κ2) is 6.05. The van der Waals surface area contributed by atoms with Gasteiger partial charge in [0.1, 0.15) is 29.4 Å². The van der Waals surface area contributed by atoms with Crippen LogP contribution in [0.2, 0.25) is 0 Å². The molecule has 0 aliphatic carbocycles. The van der Waals surface area contributed by atoms with Gasteiger partial charge in [-0.2, -0.15) is 0 Å². The van der Waals surface area contributed by atoms with Crippen molar-refractivity contribution in [2.75, 3.05) is 5.32 Å². The largest absolute Gasteiger partial charge is 0.467 e. The highest BCUT2D eigenvalue weighted by Crippen LogP contribution is 2.31. The molecular formula is C19H19N5O. The summed E-state index contributed by atoms with van der Waals surface area (Å²) in [4.78, 5) is 13.4. The fraction of sp³-hybridized carbons (Fsp3) is 0.211. The van der Waals surface area contributed by atoms with Crippen molar-refractivity contribution in [1.29, 1.82) is 0 Å². The molecule has 0 aliphatic heterocycles. The molecule has 6 nitrogen and oxygen atoms in total. The van der Waals surface area contributed by atoms with E-state index in [0.717, 1.165) is 45.3 Å². The number of anilines is 2. The van der Waals surface area contributed by atoms with Gasteiger partial charge in [-0.1, -0.05) is 6.07 Å². The van der Waals surface area contributed by atoms with Crippen LogP contribution in [0.15, 0.2) is 47.5 Å². The summed E-state index contributed by atoms with van der Waals surface area (Å²) in [5, 5.41) is 4.37. The molecule has 0 atom stereocenters. The number of fused-ring (bicyclic) bond motifs is 1. The fourth-order valence-electron chi connectivity index (χ4n) is 3.04. The van der Waals surface area contributed by atoms with Crippen molar-refractivity contribution >= 4 is 22.7 Å². The molecule has 6 heteroatoms. The first kappa shape index (κ1) is 15.4. The fourth-order valence-corrected chi connectivity index (χ4v) is 3.04. The highest BCUT2D eigenvalue weighted by atomic mass is 16.3. The smallest absolute Gasteiger partial charge is 0.146 e. The van der Waals surface area contributed by atoms with E-state index in [9.17, 15) is 0 Å². The molecule has 4 heterocycles. The highest BCUT2D eigenvalue weighted by molar-refractivity contribution is 5.93. The molecular weight excluding hydrogens is 314 g/mol. The zero-order valence-corrected chi connectivity index (χ0v) is 14.4. The summed E-state index contributed by atoms with van der Waals surface area (Å²) >= 11 is 0. The van der Waals surface area contributed by atoms with Gasteiger partial charge >= 0.3 is 0 Å². The average molecular weight is 333 g/mol. The van der Waals surface area contributed by atoms with E-state index in [2.05, 4.69) is 38.7 Å². The molecule has 0 radical (unpaired) electrons. The Bertz CT molecular complexity index is 1030. The maximum Gasteiger partial charge on any atom is 0.146 e. The molecule has 25 heavy (non-hydrogen) atoms. The molecule has 0 bridgehead atoms. The SMILES string of the molecule is Cc1cccnc1Nc1ncnc2c1c(C)c(C)n2Cc1ccco1. The minimum atomic E-state index is 0.641. The quantitative estimate of drug-likeness (QED) is 0.608. The van der Waals surface area contributed by atoms with Crippen molar-refractivity contribution in [2.45, 2.75) is 27.3 Å². The number of furan rings is 1. The zero-order chi connectivity index (χ0) is 17.4. The molecule has 0 aromatic carbocycles. The van der Waals surface area contributed by atoms with Crippen LogP contribution in [-0.2, 0) is 6.54 Å². The van der Waals surface area contributed by atoms with Crippen LogP contribution in [0.3, 0.4) is 0 Å². The second-order valence-electron chi connectivity index (χ2n) is 6.09. The van der Waals surface area contributed by atoms with Gasteiger partial charge in [0.2, 0.25) is 0 Å². The lowest BCUT2D eigenvalue weighted by molar-refractivity contribution is 0.494. The van der Waals surface area contributed by atoms with Crippen LogP contribution in [0.1, 0.15) is 22.6 Å². The van der Waals surface area contributed by atoms with Crippen molar-refractivity contribution in [3.05, 3.63) is 65.6 Å². The van der Waals surface area contributed by atoms with Crippen molar-refractivity contribution < 1.29 is 4.42 Å². The van der Waals surface area contributed by atoms with Gasteiger partial charge in [0.25, 0.3) is 0 Å². The van der Waals surface area contributed by atoms with E-state index in [0.29, 0.717) is 6.54 Å². The summed E-state index contributed by atoms with van der Waals surface area (Å²) in [5.74, 6) is 2.47. The summed E-state index contributed by atoms with van der Waals surface area (Å²) in [6.45, 7) is 6.85. The highest BCUT2D eigenvalue weighted by Gasteiger charge is 2.17. The second-order valence-corrected chi connectivity index (χ2v) is 6.09. The molecule has 4 aromatic rings. The molecule has 0 saturated heterocycles. The van der Waals surface area contributed by atoms with Crippen LogP contribution in [0.4, 0.5) is 11.6 Å². The lowest BCUT2D eigenvalue weighted by Gasteiger charge is -2.09. The first-order chi connectivity index (χ1) is 12.1. The summed E-state index contributed by atoms with van der Waals surface area (Å²) in [6, 6.07) is 7.81. The normalized spacial score (nSPS) is 11.2. The molecule has 0 amide bonds. The molecule has 4 rings (SSSR count). The third-order valence-electron chi connectivity index (χ3n) is 4.55. The minimum Gasteiger partial charge on any atom is -0.467 e. The average Bonchev–Trinajstić information content (AvgIpc) is 3.21. The molecule has 1 N–H and O–H groups in total. The Balaban J connectivity index is 1.83. The Hall–Kier alpha value is -3.15. The molecule has 0 saturated carbocycles. The lowest BCUT2D eigenvalue weighted by Crippen LogP contribution is -2.03. The van der Waals surface area contributed by atoms with Crippen molar-refractivity contribution in [2.24, 2.45) is 0 Å². The zero-order valence-electron chi connectivity index (χ0n) is 14.4. The molecule has 0 unspecified atom stereocenters. The lowest BCUT2D eigenvalue weighted by atomic mass is 10.2. The number of aryl methyl sites for hydroxylation is 2. The summed E-state index contributed by atoms with van der Waals surface area (Å²) in [7, 11) is 0. The molecule has 126 valence electrons. The van der Waals surface area contributed by atoms with Crippen LogP contribution in [-0.4, -0.2) is 19.5 Å². The number of hydrogen-bond acceptors (Lipinski definition) is 5. The van der Waals surface area contributed by atoms with Gasteiger partial charge in [0.05, 0.1) is 18.2 Å². The van der Waals surface area contributed by atoms with Crippen LogP contribution in [0.25, 0.3) is 11.0 Å². The van der Waals surface area contributed by atoms with Gasteiger partial charge in [-0.3, -0.25) is 0 Å². The molecule has 4 aromatic heterocycles. The Labute approximate surface area is 145 Å². The van der Waals surface area contributed by atoms with Gasteiger partial charge in [0, 0.05) is 11.9 Å². The van der Waals surface area contributed by atoms with Crippen molar-refractivity contribution in [1.82, 2.24) is 19.5 Å². The predicted octanol–water partition coefficient (Wildman–Crippen LogP) is 4.14. The van der Waals surface area contributed by atoms with Crippen LogP contribution in [0.5, 0.6) is 0 Å². The first-order valence-corrected chi connectivity index (χ1v) is 8.16. The standard InChI is InChI=1S/C19H19N5O/c1-12-6-4-8-20-17(12)23-18-16-13(2)14(3)24(19(16)22-11-21-18)10-15-7-5-9-25-15/h4-9,11H,10H2,1-3H3,(H,20,21,22,23). The van der Waals surface area contributed by atoms with E-state index in [1.807, 2.05) is 31.2 Å². The maximum absolute atomic E-state index is 5.50. The number of hydrogen-bond donors (Lipinski definition) is 1. The molecule has 0 aliphatic rings. The summed E-state index contributed by atoms with van der Waals surface area (Å²) < 4.78 is 7.66. The Morgan fingerprint density at radius 3 is 2.68 bits per heavy atom.